The molecule has 0 spiro atoms. The van der Waals surface area contributed by atoms with Crippen molar-refractivity contribution < 1.29 is 18.0 Å². The van der Waals surface area contributed by atoms with Crippen molar-refractivity contribution in [1.82, 2.24) is 9.80 Å². The van der Waals surface area contributed by atoms with Crippen LogP contribution in [-0.2, 0) is 0 Å². The molecule has 0 aromatic heterocycles. The minimum absolute atomic E-state index is 0.122. The lowest BCUT2D eigenvalue weighted by molar-refractivity contribution is -0.161. The van der Waals surface area contributed by atoms with Gasteiger partial charge in [-0.1, -0.05) is 0 Å². The van der Waals surface area contributed by atoms with Gasteiger partial charge in [-0.05, 0) is 6.42 Å². The summed E-state index contributed by atoms with van der Waals surface area (Å²) in [6.45, 7) is -0.343. The van der Waals surface area contributed by atoms with Crippen LogP contribution in [0.25, 0.3) is 0 Å². The Balaban J connectivity index is 1.90. The third-order valence-electron chi connectivity index (χ3n) is 2.93. The number of carbonyl (C=O) groups is 1. The molecule has 2 bridgehead atoms. The Morgan fingerprint density at radius 1 is 1.33 bits per heavy atom. The monoisotopic (exact) mass is 223 g/mol. The Labute approximate surface area is 84.8 Å². The van der Waals surface area contributed by atoms with Crippen LogP contribution in [0.5, 0.6) is 0 Å². The second kappa shape index (κ2) is 3.26. The number of primary amides is 1. The number of fused-ring (bicyclic) bond motifs is 2. The first-order chi connectivity index (χ1) is 6.87. The molecule has 3 aliphatic heterocycles. The lowest BCUT2D eigenvalue weighted by atomic mass is 9.88. The highest BCUT2D eigenvalue weighted by molar-refractivity contribution is 5.74. The van der Waals surface area contributed by atoms with E-state index >= 15 is 0 Å². The standard InChI is InChI=1S/C8H12F3N3O/c9-8(10,11)4-13-2-5-1-6(3-13)14(5)7(12)15/h5-6H,1-4H2,(H2,12,15). The summed E-state index contributed by atoms with van der Waals surface area (Å²) in [5.41, 5.74) is 5.11. The van der Waals surface area contributed by atoms with E-state index in [1.165, 1.54) is 9.80 Å². The molecule has 7 heteroatoms. The third-order valence-corrected chi connectivity index (χ3v) is 2.93. The van der Waals surface area contributed by atoms with Crippen molar-refractivity contribution in [2.75, 3.05) is 19.6 Å². The maximum atomic E-state index is 12.1. The summed E-state index contributed by atoms with van der Waals surface area (Å²) >= 11 is 0. The Bertz CT molecular complexity index is 269. The van der Waals surface area contributed by atoms with Gasteiger partial charge >= 0.3 is 12.2 Å². The zero-order valence-corrected chi connectivity index (χ0v) is 8.00. The molecule has 2 atom stereocenters. The number of halogens is 3. The van der Waals surface area contributed by atoms with E-state index in [-0.39, 0.29) is 25.2 Å². The molecule has 3 saturated heterocycles. The number of alkyl halides is 3. The number of piperidine rings is 1. The number of carbonyl (C=O) groups excluding carboxylic acids is 1. The first-order valence-corrected chi connectivity index (χ1v) is 4.73. The fourth-order valence-electron chi connectivity index (χ4n) is 2.44. The van der Waals surface area contributed by atoms with Gasteiger partial charge in [-0.25, -0.2) is 4.79 Å². The molecular weight excluding hydrogens is 211 g/mol. The van der Waals surface area contributed by atoms with Gasteiger partial charge in [0.05, 0.1) is 6.54 Å². The Morgan fingerprint density at radius 2 is 1.87 bits per heavy atom. The zero-order chi connectivity index (χ0) is 11.2. The van der Waals surface area contributed by atoms with Gasteiger partial charge in [-0.2, -0.15) is 13.2 Å². The number of piperazine rings is 1. The zero-order valence-electron chi connectivity index (χ0n) is 8.00. The molecule has 3 aliphatic rings. The fraction of sp³-hybridized carbons (Fsp3) is 0.875. The fourth-order valence-corrected chi connectivity index (χ4v) is 2.44. The van der Waals surface area contributed by atoms with E-state index in [1.807, 2.05) is 0 Å². The Hall–Kier alpha value is -0.980. The molecule has 3 heterocycles. The lowest BCUT2D eigenvalue weighted by Crippen LogP contribution is -2.71. The van der Waals surface area contributed by atoms with Crippen LogP contribution in [0.2, 0.25) is 0 Å². The number of urea groups is 1. The van der Waals surface area contributed by atoms with Crippen molar-refractivity contribution >= 4 is 6.03 Å². The van der Waals surface area contributed by atoms with Crippen LogP contribution in [0.15, 0.2) is 0 Å². The predicted octanol–water partition coefficient (Wildman–Crippen LogP) is 0.386. The van der Waals surface area contributed by atoms with Gasteiger partial charge in [-0.3, -0.25) is 4.90 Å². The smallest absolute Gasteiger partial charge is 0.351 e. The number of nitrogens with zero attached hydrogens (tertiary/aromatic N) is 2. The summed E-state index contributed by atoms with van der Waals surface area (Å²) in [5, 5.41) is 0. The average molecular weight is 223 g/mol. The van der Waals surface area contributed by atoms with E-state index in [2.05, 4.69) is 0 Å². The summed E-state index contributed by atoms with van der Waals surface area (Å²) in [6, 6.07) is -0.768. The highest BCUT2D eigenvalue weighted by atomic mass is 19.4. The van der Waals surface area contributed by atoms with Crippen molar-refractivity contribution in [3.05, 3.63) is 0 Å². The van der Waals surface area contributed by atoms with Crippen LogP contribution >= 0.6 is 0 Å². The minimum Gasteiger partial charge on any atom is -0.351 e. The van der Waals surface area contributed by atoms with Gasteiger partial charge in [0, 0.05) is 25.2 Å². The average Bonchev–Trinajstić information content (AvgIpc) is 1.98. The van der Waals surface area contributed by atoms with Crippen LogP contribution in [0.3, 0.4) is 0 Å². The molecule has 2 unspecified atom stereocenters. The summed E-state index contributed by atoms with van der Waals surface area (Å²) in [6.07, 6.45) is -3.39. The second-order valence-corrected chi connectivity index (χ2v) is 4.10. The molecule has 0 aromatic rings. The van der Waals surface area contributed by atoms with Crippen molar-refractivity contribution in [3.63, 3.8) is 0 Å². The molecule has 86 valence electrons. The van der Waals surface area contributed by atoms with Crippen LogP contribution in [0.1, 0.15) is 6.42 Å². The van der Waals surface area contributed by atoms with E-state index in [0.29, 0.717) is 0 Å². The minimum atomic E-state index is -4.17. The predicted molar refractivity (Wildman–Crippen MR) is 46.1 cm³/mol. The Kier molecular flexibility index (Phi) is 2.29. The molecule has 3 fully saturated rings. The maximum Gasteiger partial charge on any atom is 0.401 e. The largest absolute Gasteiger partial charge is 0.401 e. The van der Waals surface area contributed by atoms with E-state index in [1.54, 1.807) is 0 Å². The van der Waals surface area contributed by atoms with Gasteiger partial charge < -0.3 is 10.6 Å². The first-order valence-electron chi connectivity index (χ1n) is 4.73. The van der Waals surface area contributed by atoms with Gasteiger partial charge in [0.25, 0.3) is 0 Å². The van der Waals surface area contributed by atoms with E-state index in [4.69, 9.17) is 5.73 Å². The van der Waals surface area contributed by atoms with Crippen LogP contribution in [-0.4, -0.2) is 53.7 Å². The highest BCUT2D eigenvalue weighted by Gasteiger charge is 2.48. The molecule has 2 amide bonds. The van der Waals surface area contributed by atoms with Gasteiger partial charge in [-0.15, -0.1) is 0 Å². The van der Waals surface area contributed by atoms with Gasteiger partial charge in [0.15, 0.2) is 0 Å². The molecule has 0 aromatic carbocycles. The van der Waals surface area contributed by atoms with Gasteiger partial charge in [0.2, 0.25) is 0 Å². The second-order valence-electron chi connectivity index (χ2n) is 4.10. The van der Waals surface area contributed by atoms with Crippen molar-refractivity contribution in [3.8, 4) is 0 Å². The molecule has 0 aliphatic carbocycles. The highest BCUT2D eigenvalue weighted by Crippen LogP contribution is 2.33. The number of rotatable bonds is 1. The van der Waals surface area contributed by atoms with E-state index in [9.17, 15) is 18.0 Å². The topological polar surface area (TPSA) is 49.6 Å². The molecule has 3 rings (SSSR count). The van der Waals surface area contributed by atoms with E-state index < -0.39 is 18.8 Å². The van der Waals surface area contributed by atoms with Gasteiger partial charge in [0.1, 0.15) is 0 Å². The molecule has 2 N–H and O–H groups in total. The molecule has 0 saturated carbocycles. The van der Waals surface area contributed by atoms with Crippen molar-refractivity contribution in [2.24, 2.45) is 5.73 Å². The first kappa shape index (κ1) is 10.5. The van der Waals surface area contributed by atoms with Crippen LogP contribution in [0, 0.1) is 0 Å². The van der Waals surface area contributed by atoms with Crippen LogP contribution < -0.4 is 5.73 Å². The van der Waals surface area contributed by atoms with Crippen molar-refractivity contribution in [2.45, 2.75) is 24.7 Å². The van der Waals surface area contributed by atoms with Crippen molar-refractivity contribution in [1.29, 1.82) is 0 Å². The number of hydrogen-bond acceptors (Lipinski definition) is 2. The maximum absolute atomic E-state index is 12.1. The normalized spacial score (nSPS) is 31.3. The third kappa shape index (κ3) is 2.01. The van der Waals surface area contributed by atoms with E-state index in [0.717, 1.165) is 6.42 Å². The number of amides is 2. The van der Waals surface area contributed by atoms with Crippen LogP contribution in [0.4, 0.5) is 18.0 Å². The Morgan fingerprint density at radius 3 is 2.27 bits per heavy atom. The lowest BCUT2D eigenvalue weighted by Gasteiger charge is -2.55. The number of nitrogens with two attached hydrogens (primary N) is 1. The number of hydrogen-bond donors (Lipinski definition) is 1. The molecule has 0 radical (unpaired) electrons. The molecule has 4 nitrogen and oxygen atoms in total. The summed E-state index contributed by atoms with van der Waals surface area (Å²) in [4.78, 5) is 13.7. The summed E-state index contributed by atoms with van der Waals surface area (Å²) in [7, 11) is 0. The summed E-state index contributed by atoms with van der Waals surface area (Å²) in [5.74, 6) is 0. The SMILES string of the molecule is NC(=O)N1C2CC1CN(CC(F)(F)F)C2. The summed E-state index contributed by atoms with van der Waals surface area (Å²) < 4.78 is 36.3. The quantitative estimate of drug-likeness (QED) is 0.699. The molecule has 15 heavy (non-hydrogen) atoms. The molecular formula is C8H12F3N3O.